The van der Waals surface area contributed by atoms with Crippen molar-refractivity contribution in [3.8, 4) is 11.8 Å². The molecule has 2 N–H and O–H groups in total. The normalized spacial score (nSPS) is 9.93. The lowest BCUT2D eigenvalue weighted by atomic mass is 10.2. The van der Waals surface area contributed by atoms with Crippen LogP contribution in [0.15, 0.2) is 60.8 Å². The number of nitrogens with zero attached hydrogens (tertiary/aromatic N) is 3. The number of nitrogens with one attached hydrogen (secondary N) is 2. The smallest absolute Gasteiger partial charge is 0.274 e. The molecule has 2 aromatic carbocycles. The third-order valence-electron chi connectivity index (χ3n) is 3.57. The van der Waals surface area contributed by atoms with E-state index in [1.54, 1.807) is 36.4 Å². The molecule has 0 fully saturated rings. The fraction of sp³-hybridized carbons (Fsp3) is 0.100. The molecule has 1 aromatic heterocycles. The fourth-order valence-corrected chi connectivity index (χ4v) is 2.38. The van der Waals surface area contributed by atoms with E-state index in [0.717, 1.165) is 0 Å². The van der Waals surface area contributed by atoms with E-state index in [-0.39, 0.29) is 17.5 Å². The van der Waals surface area contributed by atoms with Crippen molar-refractivity contribution in [1.29, 1.82) is 5.26 Å². The summed E-state index contributed by atoms with van der Waals surface area (Å²) in [6.07, 6.45) is 1.49. The minimum atomic E-state index is -0.377. The molecule has 134 valence electrons. The van der Waals surface area contributed by atoms with Crippen LogP contribution >= 0.6 is 0 Å². The van der Waals surface area contributed by atoms with E-state index >= 15 is 0 Å². The molecular weight excluding hydrogens is 342 g/mol. The largest absolute Gasteiger partial charge is 0.492 e. The fourth-order valence-electron chi connectivity index (χ4n) is 2.38. The Morgan fingerprint density at radius 2 is 2.04 bits per heavy atom. The first-order valence-electron chi connectivity index (χ1n) is 8.33. The van der Waals surface area contributed by atoms with Crippen LogP contribution in [0.5, 0.6) is 5.75 Å². The molecule has 0 radical (unpaired) electrons. The summed E-state index contributed by atoms with van der Waals surface area (Å²) in [5.74, 6) is 0.475. The van der Waals surface area contributed by atoms with Crippen molar-refractivity contribution in [3.63, 3.8) is 0 Å². The number of hydrogen-bond donors (Lipinski definition) is 2. The molecule has 3 aromatic rings. The topological polar surface area (TPSA) is 99.9 Å². The molecule has 0 aliphatic heterocycles. The zero-order valence-corrected chi connectivity index (χ0v) is 14.6. The van der Waals surface area contributed by atoms with E-state index < -0.39 is 0 Å². The molecule has 27 heavy (non-hydrogen) atoms. The monoisotopic (exact) mass is 359 g/mol. The minimum absolute atomic E-state index is 0.204. The highest BCUT2D eigenvalue weighted by molar-refractivity contribution is 6.03. The molecule has 0 aliphatic carbocycles. The van der Waals surface area contributed by atoms with Crippen LogP contribution in [0.2, 0.25) is 0 Å². The third-order valence-corrected chi connectivity index (χ3v) is 3.57. The lowest BCUT2D eigenvalue weighted by molar-refractivity contribution is 0.102. The van der Waals surface area contributed by atoms with Gasteiger partial charge in [-0.2, -0.15) is 5.26 Å². The first-order chi connectivity index (χ1) is 13.2. The van der Waals surface area contributed by atoms with Gasteiger partial charge in [0.25, 0.3) is 5.91 Å². The standard InChI is InChI=1S/C20H17N5O2/c1-2-27-18-9-4-3-8-16(18)24-19(26)17-10-11-22-20(25-17)23-15-7-5-6-14(12-15)13-21/h3-12H,2H2,1H3,(H,24,26)(H,22,23,25). The average Bonchev–Trinajstić information content (AvgIpc) is 2.70. The maximum Gasteiger partial charge on any atom is 0.274 e. The lowest BCUT2D eigenvalue weighted by Gasteiger charge is -2.11. The van der Waals surface area contributed by atoms with E-state index in [1.165, 1.54) is 12.3 Å². The Morgan fingerprint density at radius 3 is 2.85 bits per heavy atom. The maximum atomic E-state index is 12.5. The van der Waals surface area contributed by atoms with Crippen LogP contribution in [0.25, 0.3) is 0 Å². The molecule has 0 spiro atoms. The Bertz CT molecular complexity index is 997. The molecule has 1 amide bonds. The molecule has 0 bridgehead atoms. The quantitative estimate of drug-likeness (QED) is 0.695. The molecule has 0 saturated heterocycles. The number of nitriles is 1. The first kappa shape index (κ1) is 17.9. The maximum absolute atomic E-state index is 12.5. The van der Waals surface area contributed by atoms with E-state index in [2.05, 4.69) is 26.7 Å². The van der Waals surface area contributed by atoms with Gasteiger partial charge in [0.1, 0.15) is 11.4 Å². The van der Waals surface area contributed by atoms with Crippen LogP contribution in [0.3, 0.4) is 0 Å². The first-order valence-corrected chi connectivity index (χ1v) is 8.33. The number of amides is 1. The minimum Gasteiger partial charge on any atom is -0.492 e. The van der Waals surface area contributed by atoms with Crippen molar-refractivity contribution in [1.82, 2.24) is 9.97 Å². The number of ether oxygens (including phenoxy) is 1. The molecule has 7 heteroatoms. The van der Waals surface area contributed by atoms with E-state index in [9.17, 15) is 4.79 Å². The summed E-state index contributed by atoms with van der Waals surface area (Å²) < 4.78 is 5.51. The summed E-state index contributed by atoms with van der Waals surface area (Å²) in [5, 5.41) is 14.8. The van der Waals surface area contributed by atoms with Crippen LogP contribution in [0, 0.1) is 11.3 Å². The molecule has 0 atom stereocenters. The number of anilines is 3. The van der Waals surface area contributed by atoms with Gasteiger partial charge in [0.05, 0.1) is 23.9 Å². The van der Waals surface area contributed by atoms with Crippen molar-refractivity contribution < 1.29 is 9.53 Å². The van der Waals surface area contributed by atoms with Crippen molar-refractivity contribution in [2.24, 2.45) is 0 Å². The zero-order valence-electron chi connectivity index (χ0n) is 14.6. The van der Waals surface area contributed by atoms with Crippen molar-refractivity contribution in [3.05, 3.63) is 72.1 Å². The summed E-state index contributed by atoms with van der Waals surface area (Å²) in [7, 11) is 0. The number of hydrogen-bond acceptors (Lipinski definition) is 6. The number of benzene rings is 2. The molecule has 0 saturated carbocycles. The predicted molar refractivity (Wildman–Crippen MR) is 102 cm³/mol. The number of para-hydroxylation sites is 2. The van der Waals surface area contributed by atoms with Gasteiger partial charge in [0.2, 0.25) is 5.95 Å². The zero-order chi connectivity index (χ0) is 19.1. The van der Waals surface area contributed by atoms with Crippen LogP contribution in [-0.4, -0.2) is 22.5 Å². The van der Waals surface area contributed by atoms with Gasteiger partial charge in [-0.05, 0) is 43.3 Å². The van der Waals surface area contributed by atoms with Gasteiger partial charge in [0, 0.05) is 11.9 Å². The van der Waals surface area contributed by atoms with Crippen LogP contribution in [0.1, 0.15) is 23.0 Å². The molecule has 3 rings (SSSR count). The average molecular weight is 359 g/mol. The highest BCUT2D eigenvalue weighted by Crippen LogP contribution is 2.24. The van der Waals surface area contributed by atoms with Gasteiger partial charge in [-0.3, -0.25) is 4.79 Å². The molecule has 1 heterocycles. The summed E-state index contributed by atoms with van der Waals surface area (Å²) in [4.78, 5) is 20.9. The lowest BCUT2D eigenvalue weighted by Crippen LogP contribution is -2.15. The Balaban J connectivity index is 1.77. The Labute approximate surface area is 156 Å². The third kappa shape index (κ3) is 4.58. The van der Waals surface area contributed by atoms with Gasteiger partial charge >= 0.3 is 0 Å². The van der Waals surface area contributed by atoms with Crippen molar-refractivity contribution >= 4 is 23.2 Å². The van der Waals surface area contributed by atoms with Gasteiger partial charge in [-0.1, -0.05) is 18.2 Å². The summed E-state index contributed by atoms with van der Waals surface area (Å²) in [6.45, 7) is 2.37. The predicted octanol–water partition coefficient (Wildman–Crippen LogP) is 3.74. The second kappa shape index (κ2) is 8.45. The number of aromatic nitrogens is 2. The molecular formula is C20H17N5O2. The summed E-state index contributed by atoms with van der Waals surface area (Å²) >= 11 is 0. The van der Waals surface area contributed by atoms with Crippen LogP contribution in [-0.2, 0) is 0 Å². The van der Waals surface area contributed by atoms with Gasteiger partial charge < -0.3 is 15.4 Å². The molecule has 7 nitrogen and oxygen atoms in total. The SMILES string of the molecule is CCOc1ccccc1NC(=O)c1ccnc(Nc2cccc(C#N)c2)n1. The summed E-state index contributed by atoms with van der Waals surface area (Å²) in [6, 6.07) is 17.7. The number of carbonyl (C=O) groups is 1. The Morgan fingerprint density at radius 1 is 1.19 bits per heavy atom. The Hall–Kier alpha value is -3.92. The van der Waals surface area contributed by atoms with E-state index in [4.69, 9.17) is 10.00 Å². The van der Waals surface area contributed by atoms with E-state index in [1.807, 2.05) is 19.1 Å². The highest BCUT2D eigenvalue weighted by Gasteiger charge is 2.12. The Kier molecular flexibility index (Phi) is 5.60. The van der Waals surface area contributed by atoms with Crippen molar-refractivity contribution in [2.75, 3.05) is 17.2 Å². The van der Waals surface area contributed by atoms with Gasteiger partial charge in [-0.15, -0.1) is 0 Å². The summed E-state index contributed by atoms with van der Waals surface area (Å²) in [5.41, 5.74) is 1.95. The number of rotatable bonds is 6. The van der Waals surface area contributed by atoms with Crippen molar-refractivity contribution in [2.45, 2.75) is 6.92 Å². The second-order valence-corrected chi connectivity index (χ2v) is 5.47. The van der Waals surface area contributed by atoms with E-state index in [0.29, 0.717) is 29.3 Å². The number of carbonyl (C=O) groups excluding carboxylic acids is 1. The second-order valence-electron chi connectivity index (χ2n) is 5.47. The van der Waals surface area contributed by atoms with Gasteiger partial charge in [-0.25, -0.2) is 9.97 Å². The molecule has 0 aliphatic rings. The van der Waals surface area contributed by atoms with Crippen LogP contribution in [0.4, 0.5) is 17.3 Å². The highest BCUT2D eigenvalue weighted by atomic mass is 16.5. The van der Waals surface area contributed by atoms with Crippen LogP contribution < -0.4 is 15.4 Å². The van der Waals surface area contributed by atoms with Gasteiger partial charge in [0.15, 0.2) is 0 Å². The molecule has 0 unspecified atom stereocenters.